The van der Waals surface area contributed by atoms with Gasteiger partial charge >= 0.3 is 5.97 Å². The Hall–Kier alpha value is -0.260. The topological polar surface area (TPSA) is 44.8 Å². The van der Waals surface area contributed by atoms with Crippen LogP contribution in [0.25, 0.3) is 0 Å². The van der Waals surface area contributed by atoms with Crippen molar-refractivity contribution in [3.8, 4) is 0 Å². The third-order valence-electron chi connectivity index (χ3n) is 3.47. The maximum Gasteiger partial charge on any atom is 0.327 e. The molecule has 1 unspecified atom stereocenters. The van der Waals surface area contributed by atoms with E-state index >= 15 is 0 Å². The molecule has 5 heteroatoms. The van der Waals surface area contributed by atoms with E-state index in [0.717, 1.165) is 18.6 Å². The highest BCUT2D eigenvalue weighted by molar-refractivity contribution is 8.01. The molecule has 0 aliphatic carbocycles. The third kappa shape index (κ3) is 1.98. The molecule has 4 nitrogen and oxygen atoms in total. The zero-order valence-electron chi connectivity index (χ0n) is 10.5. The Morgan fingerprint density at radius 1 is 1.35 bits per heavy atom. The summed E-state index contributed by atoms with van der Waals surface area (Å²) in [5, 5.41) is 0. The van der Waals surface area contributed by atoms with Crippen LogP contribution in [-0.4, -0.2) is 42.1 Å². The van der Waals surface area contributed by atoms with Crippen LogP contribution in [0.2, 0.25) is 0 Å². The summed E-state index contributed by atoms with van der Waals surface area (Å²) in [6.45, 7) is 5.38. The lowest BCUT2D eigenvalue weighted by atomic mass is 9.90. The van der Waals surface area contributed by atoms with E-state index in [2.05, 4.69) is 0 Å². The van der Waals surface area contributed by atoms with Crippen LogP contribution in [0.1, 0.15) is 33.1 Å². The van der Waals surface area contributed by atoms with Gasteiger partial charge in [-0.25, -0.2) is 0 Å². The summed E-state index contributed by atoms with van der Waals surface area (Å²) in [4.78, 5) is 12.3. The van der Waals surface area contributed by atoms with E-state index in [1.54, 1.807) is 11.8 Å². The molecule has 0 aromatic heterocycles. The minimum absolute atomic E-state index is 0.186. The van der Waals surface area contributed by atoms with Crippen LogP contribution in [0.5, 0.6) is 0 Å². The zero-order chi connectivity index (χ0) is 12.4. The number of carbonyl (C=O) groups excluding carboxylic acids is 1. The Balaban J connectivity index is 2.30. The predicted molar refractivity (Wildman–Crippen MR) is 66.0 cm³/mol. The number of hydrogen-bond acceptors (Lipinski definition) is 5. The summed E-state index contributed by atoms with van der Waals surface area (Å²) < 4.78 is 16.2. The van der Waals surface area contributed by atoms with Gasteiger partial charge in [0.05, 0.1) is 19.8 Å². The minimum Gasteiger partial charge on any atom is -0.465 e. The highest BCUT2D eigenvalue weighted by Gasteiger charge is 2.62. The van der Waals surface area contributed by atoms with Crippen LogP contribution in [0.15, 0.2) is 0 Å². The fourth-order valence-electron chi connectivity index (χ4n) is 2.67. The quantitative estimate of drug-likeness (QED) is 0.726. The maximum atomic E-state index is 12.3. The molecule has 2 fully saturated rings. The Bertz CT molecular complexity index is 288. The van der Waals surface area contributed by atoms with Crippen LogP contribution < -0.4 is 0 Å². The van der Waals surface area contributed by atoms with Crippen molar-refractivity contribution in [3.63, 3.8) is 0 Å². The van der Waals surface area contributed by atoms with E-state index in [0.29, 0.717) is 26.2 Å². The summed E-state index contributed by atoms with van der Waals surface area (Å²) in [6.07, 6.45) is 2.48. The van der Waals surface area contributed by atoms with Crippen molar-refractivity contribution in [2.24, 2.45) is 0 Å². The summed E-state index contributed by atoms with van der Waals surface area (Å²) in [6, 6.07) is 0. The lowest BCUT2D eigenvalue weighted by Gasteiger charge is -2.46. The number of ether oxygens (including phenoxy) is 3. The molecular weight excluding hydrogens is 240 g/mol. The summed E-state index contributed by atoms with van der Waals surface area (Å²) in [7, 11) is 0. The van der Waals surface area contributed by atoms with E-state index in [9.17, 15) is 4.79 Å². The SMILES string of the molecule is CCOC(=O)C1(CC)SCCCC12OCCO2. The summed E-state index contributed by atoms with van der Waals surface area (Å²) in [5.41, 5.74) is 0. The van der Waals surface area contributed by atoms with Crippen molar-refractivity contribution in [2.45, 2.75) is 43.6 Å². The predicted octanol–water partition coefficient (Wildman–Crippen LogP) is 1.97. The van der Waals surface area contributed by atoms with Crippen molar-refractivity contribution in [3.05, 3.63) is 0 Å². The van der Waals surface area contributed by atoms with Crippen molar-refractivity contribution in [2.75, 3.05) is 25.6 Å². The van der Waals surface area contributed by atoms with E-state index in [1.807, 2.05) is 13.8 Å². The molecule has 0 amide bonds. The van der Waals surface area contributed by atoms with Gasteiger partial charge in [-0.05, 0) is 25.5 Å². The van der Waals surface area contributed by atoms with Gasteiger partial charge in [0.1, 0.15) is 0 Å². The molecule has 98 valence electrons. The van der Waals surface area contributed by atoms with Crippen molar-refractivity contribution in [1.29, 1.82) is 0 Å². The number of hydrogen-bond donors (Lipinski definition) is 0. The molecule has 2 rings (SSSR count). The first-order valence-electron chi connectivity index (χ1n) is 6.30. The molecular formula is C12H20O4S. The molecule has 0 aromatic rings. The zero-order valence-corrected chi connectivity index (χ0v) is 11.3. The van der Waals surface area contributed by atoms with Crippen LogP contribution in [0.4, 0.5) is 0 Å². The molecule has 2 aliphatic rings. The van der Waals surface area contributed by atoms with Gasteiger partial charge in [-0.1, -0.05) is 6.92 Å². The first kappa shape index (κ1) is 13.2. The number of esters is 1. The lowest BCUT2D eigenvalue weighted by Crippen LogP contribution is -2.60. The average molecular weight is 260 g/mol. The van der Waals surface area contributed by atoms with Gasteiger partial charge in [0.2, 0.25) is 0 Å². The second-order valence-electron chi connectivity index (χ2n) is 4.30. The smallest absolute Gasteiger partial charge is 0.327 e. The monoisotopic (exact) mass is 260 g/mol. The first-order valence-corrected chi connectivity index (χ1v) is 7.28. The fraction of sp³-hybridized carbons (Fsp3) is 0.917. The standard InChI is InChI=1S/C12H20O4S/c1-3-11(10(13)14-4-2)12(6-5-9-17-11)15-7-8-16-12/h3-9H2,1-2H3. The van der Waals surface area contributed by atoms with Crippen molar-refractivity contribution < 1.29 is 19.0 Å². The molecule has 17 heavy (non-hydrogen) atoms. The van der Waals surface area contributed by atoms with Gasteiger partial charge in [0.25, 0.3) is 0 Å². The van der Waals surface area contributed by atoms with E-state index < -0.39 is 10.5 Å². The first-order chi connectivity index (χ1) is 8.21. The number of thioether (sulfide) groups is 1. The van der Waals surface area contributed by atoms with Crippen LogP contribution in [0.3, 0.4) is 0 Å². The second-order valence-corrected chi connectivity index (χ2v) is 5.70. The Kier molecular flexibility index (Phi) is 4.00. The molecule has 0 N–H and O–H groups in total. The molecule has 0 aromatic carbocycles. The molecule has 2 saturated heterocycles. The third-order valence-corrected chi connectivity index (χ3v) is 5.22. The lowest BCUT2D eigenvalue weighted by molar-refractivity contribution is -0.204. The van der Waals surface area contributed by atoms with Crippen molar-refractivity contribution in [1.82, 2.24) is 0 Å². The highest BCUT2D eigenvalue weighted by Crippen LogP contribution is 2.51. The van der Waals surface area contributed by atoms with E-state index in [1.165, 1.54) is 0 Å². The van der Waals surface area contributed by atoms with Crippen LogP contribution >= 0.6 is 11.8 Å². The molecule has 1 spiro atoms. The second kappa shape index (κ2) is 5.16. The maximum absolute atomic E-state index is 12.3. The molecule has 0 saturated carbocycles. The molecule has 2 heterocycles. The van der Waals surface area contributed by atoms with Gasteiger partial charge in [0, 0.05) is 6.42 Å². The normalized spacial score (nSPS) is 31.6. The minimum atomic E-state index is -0.753. The van der Waals surface area contributed by atoms with Gasteiger partial charge < -0.3 is 14.2 Å². The number of carbonyl (C=O) groups is 1. The molecule has 0 radical (unpaired) electrons. The Labute approximate surface area is 106 Å². The highest BCUT2D eigenvalue weighted by atomic mass is 32.2. The van der Waals surface area contributed by atoms with Crippen LogP contribution in [0, 0.1) is 0 Å². The number of rotatable bonds is 3. The molecule has 0 bridgehead atoms. The molecule has 2 aliphatic heterocycles. The van der Waals surface area contributed by atoms with E-state index in [-0.39, 0.29) is 5.97 Å². The Morgan fingerprint density at radius 3 is 2.65 bits per heavy atom. The van der Waals surface area contributed by atoms with E-state index in [4.69, 9.17) is 14.2 Å². The summed E-state index contributed by atoms with van der Waals surface area (Å²) >= 11 is 1.63. The van der Waals surface area contributed by atoms with Gasteiger partial charge in [-0.2, -0.15) is 0 Å². The van der Waals surface area contributed by atoms with Gasteiger partial charge in [0.15, 0.2) is 10.5 Å². The van der Waals surface area contributed by atoms with Crippen molar-refractivity contribution >= 4 is 17.7 Å². The fourth-order valence-corrected chi connectivity index (χ4v) is 4.13. The van der Waals surface area contributed by atoms with Crippen LogP contribution in [-0.2, 0) is 19.0 Å². The summed E-state index contributed by atoms with van der Waals surface area (Å²) in [5.74, 6) is 0.0204. The molecule has 1 atom stereocenters. The average Bonchev–Trinajstić information content (AvgIpc) is 2.80. The van der Waals surface area contributed by atoms with Gasteiger partial charge in [-0.3, -0.25) is 4.79 Å². The largest absolute Gasteiger partial charge is 0.465 e. The van der Waals surface area contributed by atoms with Gasteiger partial charge in [-0.15, -0.1) is 11.8 Å². The Morgan fingerprint density at radius 2 is 2.06 bits per heavy atom.